The lowest BCUT2D eigenvalue weighted by molar-refractivity contribution is -0.385. The van der Waals surface area contributed by atoms with E-state index >= 15 is 0 Å². The second kappa shape index (κ2) is 4.64. The maximum Gasteiger partial charge on any atom is 0.283 e. The molecular formula is C10H9BrN4O2. The zero-order chi connectivity index (χ0) is 12.4. The Bertz CT molecular complexity index is 567. The summed E-state index contributed by atoms with van der Waals surface area (Å²) in [5.41, 5.74) is 6.99. The maximum absolute atomic E-state index is 10.7. The Labute approximate surface area is 105 Å². The molecule has 0 aliphatic carbocycles. The van der Waals surface area contributed by atoms with Crippen molar-refractivity contribution < 1.29 is 4.92 Å². The van der Waals surface area contributed by atoms with Gasteiger partial charge in [0.1, 0.15) is 0 Å². The molecule has 0 unspecified atom stereocenters. The Hall–Kier alpha value is -1.73. The molecule has 0 aliphatic heterocycles. The van der Waals surface area contributed by atoms with E-state index < -0.39 is 4.92 Å². The summed E-state index contributed by atoms with van der Waals surface area (Å²) >= 11 is 3.16. The number of nitrogens with two attached hydrogens (primary N) is 1. The van der Waals surface area contributed by atoms with Gasteiger partial charge in [-0.25, -0.2) is 4.68 Å². The van der Waals surface area contributed by atoms with Crippen LogP contribution < -0.4 is 5.73 Å². The minimum absolute atomic E-state index is 0.0277. The van der Waals surface area contributed by atoms with Gasteiger partial charge in [0.2, 0.25) is 0 Å². The van der Waals surface area contributed by atoms with E-state index in [4.69, 9.17) is 5.73 Å². The van der Waals surface area contributed by atoms with Crippen molar-refractivity contribution in [2.45, 2.75) is 6.54 Å². The summed E-state index contributed by atoms with van der Waals surface area (Å²) in [6, 6.07) is 6.51. The molecule has 1 aromatic heterocycles. The number of rotatable bonds is 3. The molecule has 2 N–H and O–H groups in total. The molecule has 1 heterocycles. The van der Waals surface area contributed by atoms with Crippen molar-refractivity contribution >= 4 is 21.6 Å². The van der Waals surface area contributed by atoms with E-state index in [1.54, 1.807) is 29.1 Å². The topological polar surface area (TPSA) is 87.0 Å². The summed E-state index contributed by atoms with van der Waals surface area (Å²) in [5, 5.41) is 14.9. The number of halogens is 1. The van der Waals surface area contributed by atoms with Crippen LogP contribution in [0, 0.1) is 10.1 Å². The largest absolute Gasteiger partial charge is 0.325 e. The van der Waals surface area contributed by atoms with E-state index in [2.05, 4.69) is 21.0 Å². The van der Waals surface area contributed by atoms with E-state index in [9.17, 15) is 10.1 Å². The first-order chi connectivity index (χ1) is 8.11. The van der Waals surface area contributed by atoms with E-state index in [0.29, 0.717) is 11.0 Å². The number of benzene rings is 1. The second-order valence-corrected chi connectivity index (χ2v) is 4.20. The molecule has 0 spiro atoms. The van der Waals surface area contributed by atoms with E-state index in [1.807, 2.05) is 0 Å². The van der Waals surface area contributed by atoms with Gasteiger partial charge in [-0.2, -0.15) is 5.10 Å². The molecule has 0 saturated heterocycles. The molecule has 17 heavy (non-hydrogen) atoms. The fraction of sp³-hybridized carbons (Fsp3) is 0.100. The van der Waals surface area contributed by atoms with Crippen LogP contribution in [0.4, 0.5) is 5.69 Å². The van der Waals surface area contributed by atoms with Gasteiger partial charge in [0.05, 0.1) is 20.8 Å². The lowest BCUT2D eigenvalue weighted by Crippen LogP contribution is -2.00. The van der Waals surface area contributed by atoms with Gasteiger partial charge in [-0.1, -0.05) is 0 Å². The predicted molar refractivity (Wildman–Crippen MR) is 65.8 cm³/mol. The predicted octanol–water partition coefficient (Wildman–Crippen LogP) is 2.00. The Balaban J connectivity index is 2.40. The monoisotopic (exact) mass is 296 g/mol. The molecule has 6 nitrogen and oxygen atoms in total. The highest BCUT2D eigenvalue weighted by molar-refractivity contribution is 9.10. The highest BCUT2D eigenvalue weighted by Crippen LogP contribution is 2.26. The van der Waals surface area contributed by atoms with Gasteiger partial charge in [-0.3, -0.25) is 10.1 Å². The van der Waals surface area contributed by atoms with Crippen LogP contribution in [0.2, 0.25) is 0 Å². The first-order valence-corrected chi connectivity index (χ1v) is 5.60. The van der Waals surface area contributed by atoms with Crippen LogP contribution in [0.1, 0.15) is 5.69 Å². The van der Waals surface area contributed by atoms with Gasteiger partial charge < -0.3 is 5.73 Å². The third-order valence-corrected chi connectivity index (χ3v) is 2.88. The van der Waals surface area contributed by atoms with Gasteiger partial charge >= 0.3 is 0 Å². The quantitative estimate of drug-likeness (QED) is 0.693. The zero-order valence-electron chi connectivity index (χ0n) is 8.71. The Morgan fingerprint density at radius 3 is 2.76 bits per heavy atom. The van der Waals surface area contributed by atoms with E-state index in [1.165, 1.54) is 6.07 Å². The van der Waals surface area contributed by atoms with Crippen LogP contribution in [-0.2, 0) is 6.54 Å². The maximum atomic E-state index is 10.7. The number of nitrogens with zero attached hydrogens (tertiary/aromatic N) is 3. The van der Waals surface area contributed by atoms with Crippen LogP contribution in [0.15, 0.2) is 34.9 Å². The van der Waals surface area contributed by atoms with E-state index in [-0.39, 0.29) is 5.69 Å². The first kappa shape index (κ1) is 11.7. The molecule has 0 bridgehead atoms. The highest BCUT2D eigenvalue weighted by atomic mass is 79.9. The van der Waals surface area contributed by atoms with Crippen molar-refractivity contribution in [3.05, 3.63) is 50.7 Å². The number of aromatic nitrogens is 2. The van der Waals surface area contributed by atoms with Gasteiger partial charge in [0.25, 0.3) is 5.69 Å². The number of hydrogen-bond acceptors (Lipinski definition) is 4. The Kier molecular flexibility index (Phi) is 3.21. The minimum Gasteiger partial charge on any atom is -0.325 e. The molecule has 0 fully saturated rings. The molecule has 2 rings (SSSR count). The number of hydrogen-bond donors (Lipinski definition) is 1. The molecule has 2 aromatic rings. The van der Waals surface area contributed by atoms with Gasteiger partial charge in [0.15, 0.2) is 0 Å². The third-order valence-electron chi connectivity index (χ3n) is 2.25. The summed E-state index contributed by atoms with van der Waals surface area (Å²) in [6.45, 7) is 0.362. The van der Waals surface area contributed by atoms with Crippen molar-refractivity contribution in [3.8, 4) is 5.69 Å². The summed E-state index contributed by atoms with van der Waals surface area (Å²) in [6.07, 6.45) is 1.76. The zero-order valence-corrected chi connectivity index (χ0v) is 10.3. The second-order valence-electron chi connectivity index (χ2n) is 3.35. The fourth-order valence-corrected chi connectivity index (χ4v) is 1.91. The number of nitro benzene ring substituents is 1. The fourth-order valence-electron chi connectivity index (χ4n) is 1.40. The Morgan fingerprint density at radius 1 is 1.47 bits per heavy atom. The molecule has 88 valence electrons. The molecular weight excluding hydrogens is 288 g/mol. The summed E-state index contributed by atoms with van der Waals surface area (Å²) in [4.78, 5) is 10.2. The summed E-state index contributed by atoms with van der Waals surface area (Å²) in [5.74, 6) is 0. The first-order valence-electron chi connectivity index (χ1n) is 4.80. The third kappa shape index (κ3) is 2.34. The van der Waals surface area contributed by atoms with Crippen LogP contribution in [0.3, 0.4) is 0 Å². The summed E-state index contributed by atoms with van der Waals surface area (Å²) < 4.78 is 2.04. The summed E-state index contributed by atoms with van der Waals surface area (Å²) in [7, 11) is 0. The molecule has 1 aromatic carbocycles. The smallest absolute Gasteiger partial charge is 0.283 e. The normalized spacial score (nSPS) is 10.5. The van der Waals surface area contributed by atoms with Crippen molar-refractivity contribution in [3.63, 3.8) is 0 Å². The van der Waals surface area contributed by atoms with Gasteiger partial charge in [0, 0.05) is 18.8 Å². The van der Waals surface area contributed by atoms with Crippen molar-refractivity contribution in [2.24, 2.45) is 5.73 Å². The van der Waals surface area contributed by atoms with Crippen LogP contribution >= 0.6 is 15.9 Å². The van der Waals surface area contributed by atoms with Crippen LogP contribution in [0.25, 0.3) is 5.69 Å². The highest BCUT2D eigenvalue weighted by Gasteiger charge is 2.12. The van der Waals surface area contributed by atoms with Crippen molar-refractivity contribution in [2.75, 3.05) is 0 Å². The van der Waals surface area contributed by atoms with Crippen LogP contribution in [0.5, 0.6) is 0 Å². The molecule has 0 amide bonds. The van der Waals surface area contributed by atoms with Gasteiger partial charge in [-0.15, -0.1) is 0 Å². The lowest BCUT2D eigenvalue weighted by Gasteiger charge is -2.02. The molecule has 0 radical (unpaired) electrons. The average molecular weight is 297 g/mol. The molecule has 0 aliphatic rings. The molecule has 7 heteroatoms. The lowest BCUT2D eigenvalue weighted by atomic mass is 10.3. The van der Waals surface area contributed by atoms with E-state index in [0.717, 1.165) is 11.4 Å². The molecule has 0 atom stereocenters. The van der Waals surface area contributed by atoms with Crippen molar-refractivity contribution in [1.29, 1.82) is 0 Å². The van der Waals surface area contributed by atoms with Crippen LogP contribution in [-0.4, -0.2) is 14.7 Å². The van der Waals surface area contributed by atoms with Crippen molar-refractivity contribution in [1.82, 2.24) is 9.78 Å². The standard InChI is InChI=1S/C10H9BrN4O2/c11-9-5-8(1-2-10(9)15(16)17)14-4-3-7(6-12)13-14/h1-5H,6,12H2. The Morgan fingerprint density at radius 2 is 2.24 bits per heavy atom. The number of nitro groups is 1. The van der Waals surface area contributed by atoms with Gasteiger partial charge in [-0.05, 0) is 34.1 Å². The molecule has 0 saturated carbocycles. The average Bonchev–Trinajstić information content (AvgIpc) is 2.76. The minimum atomic E-state index is -0.442. The SMILES string of the molecule is NCc1ccn(-c2ccc([N+](=O)[O-])c(Br)c2)n1.